The van der Waals surface area contributed by atoms with E-state index in [-0.39, 0.29) is 5.91 Å². The average Bonchev–Trinajstić information content (AvgIpc) is 2.81. The number of rotatable bonds is 4. The molecule has 4 heteroatoms. The van der Waals surface area contributed by atoms with Gasteiger partial charge in [-0.15, -0.1) is 0 Å². The zero-order chi connectivity index (χ0) is 13.2. The van der Waals surface area contributed by atoms with Crippen molar-refractivity contribution in [2.45, 2.75) is 76.0 Å². The second-order valence-corrected chi connectivity index (χ2v) is 6.47. The second kappa shape index (κ2) is 5.80. The molecule has 3 saturated heterocycles. The second-order valence-electron chi connectivity index (χ2n) is 6.47. The standard InChI is InChI=1S/C15H27N3O/c1-2-6-16-11-7-12-4-3-5-13(8-11)18(12)14-9-15(19)17-10-14/h11-14,16H,2-10H2,1H3,(H,17,19). The van der Waals surface area contributed by atoms with Crippen LogP contribution in [0.5, 0.6) is 0 Å². The molecule has 3 aliphatic rings. The van der Waals surface area contributed by atoms with E-state index in [0.717, 1.165) is 19.5 Å². The molecule has 3 unspecified atom stereocenters. The van der Waals surface area contributed by atoms with Crippen molar-refractivity contribution >= 4 is 5.91 Å². The van der Waals surface area contributed by atoms with E-state index < -0.39 is 0 Å². The Labute approximate surface area is 116 Å². The van der Waals surface area contributed by atoms with Crippen molar-refractivity contribution < 1.29 is 4.79 Å². The molecular formula is C15H27N3O. The quantitative estimate of drug-likeness (QED) is 0.804. The lowest BCUT2D eigenvalue weighted by molar-refractivity contribution is -0.119. The van der Waals surface area contributed by atoms with Crippen LogP contribution in [0, 0.1) is 0 Å². The monoisotopic (exact) mass is 265 g/mol. The van der Waals surface area contributed by atoms with Crippen LogP contribution in [0.3, 0.4) is 0 Å². The number of fused-ring (bicyclic) bond motifs is 2. The molecule has 3 rings (SSSR count). The molecule has 3 aliphatic heterocycles. The maximum absolute atomic E-state index is 11.5. The molecular weight excluding hydrogens is 238 g/mol. The number of nitrogens with one attached hydrogen (secondary N) is 2. The average molecular weight is 265 g/mol. The summed E-state index contributed by atoms with van der Waals surface area (Å²) in [6, 6.07) is 2.59. The van der Waals surface area contributed by atoms with E-state index >= 15 is 0 Å². The molecule has 2 N–H and O–H groups in total. The molecule has 0 spiro atoms. The molecule has 4 nitrogen and oxygen atoms in total. The number of carbonyl (C=O) groups is 1. The lowest BCUT2D eigenvalue weighted by atomic mass is 9.80. The Bertz CT molecular complexity index is 319. The van der Waals surface area contributed by atoms with Crippen LogP contribution in [0.15, 0.2) is 0 Å². The molecule has 0 aromatic carbocycles. The van der Waals surface area contributed by atoms with Crippen LogP contribution in [0.2, 0.25) is 0 Å². The van der Waals surface area contributed by atoms with Crippen LogP contribution in [-0.2, 0) is 4.79 Å². The summed E-state index contributed by atoms with van der Waals surface area (Å²) >= 11 is 0. The molecule has 3 heterocycles. The lowest BCUT2D eigenvalue weighted by Crippen LogP contribution is -2.60. The molecule has 0 aromatic rings. The molecule has 3 atom stereocenters. The van der Waals surface area contributed by atoms with Gasteiger partial charge in [-0.25, -0.2) is 0 Å². The van der Waals surface area contributed by atoms with E-state index in [4.69, 9.17) is 0 Å². The van der Waals surface area contributed by atoms with Gasteiger partial charge in [0.05, 0.1) is 0 Å². The van der Waals surface area contributed by atoms with Crippen molar-refractivity contribution in [3.05, 3.63) is 0 Å². The number of carbonyl (C=O) groups excluding carboxylic acids is 1. The van der Waals surface area contributed by atoms with Crippen molar-refractivity contribution in [2.75, 3.05) is 13.1 Å². The third-order valence-electron chi connectivity index (χ3n) is 5.09. The topological polar surface area (TPSA) is 44.4 Å². The lowest BCUT2D eigenvalue weighted by Gasteiger charge is -2.51. The molecule has 0 aromatic heterocycles. The summed E-state index contributed by atoms with van der Waals surface area (Å²) in [5.41, 5.74) is 0. The third-order valence-corrected chi connectivity index (χ3v) is 5.09. The van der Waals surface area contributed by atoms with Crippen molar-refractivity contribution in [3.63, 3.8) is 0 Å². The van der Waals surface area contributed by atoms with Crippen molar-refractivity contribution in [1.29, 1.82) is 0 Å². The minimum Gasteiger partial charge on any atom is -0.354 e. The van der Waals surface area contributed by atoms with Gasteiger partial charge in [0, 0.05) is 37.1 Å². The van der Waals surface area contributed by atoms with Gasteiger partial charge < -0.3 is 10.6 Å². The summed E-state index contributed by atoms with van der Waals surface area (Å²) in [5.74, 6) is 0.245. The Hall–Kier alpha value is -0.610. The van der Waals surface area contributed by atoms with E-state index in [1.54, 1.807) is 0 Å². The predicted octanol–water partition coefficient (Wildman–Crippen LogP) is 1.26. The van der Waals surface area contributed by atoms with Crippen LogP contribution >= 0.6 is 0 Å². The van der Waals surface area contributed by atoms with Gasteiger partial charge in [0.1, 0.15) is 0 Å². The first-order valence-electron chi connectivity index (χ1n) is 8.05. The van der Waals surface area contributed by atoms with Crippen LogP contribution in [0.1, 0.15) is 51.9 Å². The summed E-state index contributed by atoms with van der Waals surface area (Å²) in [6.45, 7) is 4.26. The van der Waals surface area contributed by atoms with Crippen LogP contribution in [0.4, 0.5) is 0 Å². The maximum atomic E-state index is 11.5. The Morgan fingerprint density at radius 3 is 2.58 bits per heavy atom. The highest BCUT2D eigenvalue weighted by Crippen LogP contribution is 2.36. The molecule has 108 valence electrons. The predicted molar refractivity (Wildman–Crippen MR) is 76.0 cm³/mol. The normalized spacial score (nSPS) is 39.3. The first-order valence-corrected chi connectivity index (χ1v) is 8.05. The van der Waals surface area contributed by atoms with E-state index in [0.29, 0.717) is 24.2 Å². The molecule has 0 aliphatic carbocycles. The van der Waals surface area contributed by atoms with Gasteiger partial charge in [0.25, 0.3) is 0 Å². The molecule has 3 fully saturated rings. The molecule has 19 heavy (non-hydrogen) atoms. The summed E-state index contributed by atoms with van der Waals surface area (Å²) in [5, 5.41) is 6.72. The van der Waals surface area contributed by atoms with Gasteiger partial charge in [-0.2, -0.15) is 0 Å². The number of amides is 1. The largest absolute Gasteiger partial charge is 0.354 e. The zero-order valence-corrected chi connectivity index (χ0v) is 12.0. The fourth-order valence-corrected chi connectivity index (χ4v) is 4.33. The van der Waals surface area contributed by atoms with E-state index in [1.807, 2.05) is 0 Å². The van der Waals surface area contributed by atoms with Gasteiger partial charge in [-0.05, 0) is 38.6 Å². The minimum atomic E-state index is 0.245. The summed E-state index contributed by atoms with van der Waals surface area (Å²) < 4.78 is 0. The van der Waals surface area contributed by atoms with Gasteiger partial charge in [-0.3, -0.25) is 9.69 Å². The Morgan fingerprint density at radius 1 is 1.26 bits per heavy atom. The van der Waals surface area contributed by atoms with E-state index in [9.17, 15) is 4.79 Å². The first-order chi connectivity index (χ1) is 9.28. The summed E-state index contributed by atoms with van der Waals surface area (Å²) in [4.78, 5) is 14.2. The third kappa shape index (κ3) is 2.79. The number of hydrogen-bond donors (Lipinski definition) is 2. The Morgan fingerprint density at radius 2 is 2.00 bits per heavy atom. The molecule has 1 amide bonds. The number of nitrogens with zero attached hydrogens (tertiary/aromatic N) is 1. The highest BCUT2D eigenvalue weighted by Gasteiger charge is 2.43. The van der Waals surface area contributed by atoms with E-state index in [1.165, 1.54) is 38.5 Å². The van der Waals surface area contributed by atoms with Crippen LogP contribution < -0.4 is 10.6 Å². The number of hydrogen-bond acceptors (Lipinski definition) is 3. The van der Waals surface area contributed by atoms with Gasteiger partial charge in [-0.1, -0.05) is 13.3 Å². The number of piperidine rings is 2. The maximum Gasteiger partial charge on any atom is 0.221 e. The van der Waals surface area contributed by atoms with Crippen LogP contribution in [0.25, 0.3) is 0 Å². The van der Waals surface area contributed by atoms with Crippen molar-refractivity contribution in [2.24, 2.45) is 0 Å². The first kappa shape index (κ1) is 13.4. The summed E-state index contributed by atoms with van der Waals surface area (Å²) in [6.07, 6.45) is 8.52. The highest BCUT2D eigenvalue weighted by atomic mass is 16.1. The minimum absolute atomic E-state index is 0.245. The Kier molecular flexibility index (Phi) is 4.08. The van der Waals surface area contributed by atoms with Gasteiger partial charge in [0.2, 0.25) is 5.91 Å². The molecule has 0 saturated carbocycles. The van der Waals surface area contributed by atoms with Crippen molar-refractivity contribution in [3.8, 4) is 0 Å². The van der Waals surface area contributed by atoms with Crippen molar-refractivity contribution in [1.82, 2.24) is 15.5 Å². The van der Waals surface area contributed by atoms with Gasteiger partial charge >= 0.3 is 0 Å². The molecule has 0 radical (unpaired) electrons. The SMILES string of the molecule is CCCNC1CC2CCCC(C1)N2C1CNC(=O)C1. The Balaban J connectivity index is 1.65. The van der Waals surface area contributed by atoms with Gasteiger partial charge in [0.15, 0.2) is 0 Å². The van der Waals surface area contributed by atoms with E-state index in [2.05, 4.69) is 22.5 Å². The van der Waals surface area contributed by atoms with Crippen LogP contribution in [-0.4, -0.2) is 48.1 Å². The fourth-order valence-electron chi connectivity index (χ4n) is 4.33. The fraction of sp³-hybridized carbons (Fsp3) is 0.933. The zero-order valence-electron chi connectivity index (χ0n) is 12.0. The highest BCUT2D eigenvalue weighted by molar-refractivity contribution is 5.78. The summed E-state index contributed by atoms with van der Waals surface area (Å²) in [7, 11) is 0. The smallest absolute Gasteiger partial charge is 0.221 e. The molecule has 2 bridgehead atoms.